The first-order valence-electron chi connectivity index (χ1n) is 8.16. The van der Waals surface area contributed by atoms with Crippen LogP contribution in [0, 0.1) is 0 Å². The van der Waals surface area contributed by atoms with E-state index in [4.69, 9.17) is 4.74 Å². The number of aliphatic imine (C=N–C) groups is 1. The molecular weight excluding hydrogens is 246 g/mol. The first-order valence-corrected chi connectivity index (χ1v) is 8.16. The Labute approximate surface area is 123 Å². The third-order valence-electron chi connectivity index (χ3n) is 3.86. The van der Waals surface area contributed by atoms with Gasteiger partial charge in [0.1, 0.15) is 6.61 Å². The van der Waals surface area contributed by atoms with Crippen molar-refractivity contribution in [3.8, 4) is 0 Å². The van der Waals surface area contributed by atoms with E-state index in [2.05, 4.69) is 36.2 Å². The second kappa shape index (κ2) is 8.78. The minimum atomic E-state index is 0.731. The number of rotatable bonds is 9. The average molecular weight is 273 g/mol. The van der Waals surface area contributed by atoms with Crippen LogP contribution >= 0.6 is 0 Å². The monoisotopic (exact) mass is 273 g/mol. The maximum absolute atomic E-state index is 5.47. The second-order valence-corrected chi connectivity index (χ2v) is 5.60. The largest absolute Gasteiger partial charge is 0.476 e. The van der Waals surface area contributed by atoms with E-state index in [1.54, 1.807) is 0 Å². The van der Waals surface area contributed by atoms with Crippen molar-refractivity contribution in [1.29, 1.82) is 0 Å². The summed E-state index contributed by atoms with van der Waals surface area (Å²) in [4.78, 5) is 4.34. The van der Waals surface area contributed by atoms with Crippen molar-refractivity contribution < 1.29 is 4.74 Å². The summed E-state index contributed by atoms with van der Waals surface area (Å²) >= 11 is 0. The Hall–Kier alpha value is -1.31. The highest BCUT2D eigenvalue weighted by atomic mass is 16.5. The van der Waals surface area contributed by atoms with E-state index >= 15 is 0 Å². The Morgan fingerprint density at radius 1 is 0.950 bits per heavy atom. The molecule has 0 spiro atoms. The van der Waals surface area contributed by atoms with Crippen molar-refractivity contribution in [2.45, 2.75) is 58.3 Å². The number of benzene rings is 1. The van der Waals surface area contributed by atoms with Gasteiger partial charge in [-0.3, -0.25) is 0 Å². The molecule has 0 amide bonds. The molecule has 0 saturated heterocycles. The van der Waals surface area contributed by atoms with Gasteiger partial charge in [0.2, 0.25) is 5.90 Å². The first kappa shape index (κ1) is 15.1. The molecule has 1 aromatic carbocycles. The zero-order valence-corrected chi connectivity index (χ0v) is 12.7. The van der Waals surface area contributed by atoms with Crippen LogP contribution in [-0.2, 0) is 11.2 Å². The Balaban J connectivity index is 1.64. The predicted molar refractivity (Wildman–Crippen MR) is 85.5 cm³/mol. The molecular formula is C18H27NO. The van der Waals surface area contributed by atoms with E-state index in [1.165, 1.54) is 56.9 Å². The Bertz CT molecular complexity index is 408. The lowest BCUT2D eigenvalue weighted by molar-refractivity contribution is 0.348. The molecule has 0 aromatic heterocycles. The molecule has 110 valence electrons. The normalized spacial score (nSPS) is 14.2. The molecule has 2 rings (SSSR count). The summed E-state index contributed by atoms with van der Waals surface area (Å²) < 4.78 is 5.47. The minimum absolute atomic E-state index is 0.731. The third kappa shape index (κ3) is 4.99. The van der Waals surface area contributed by atoms with Gasteiger partial charge in [-0.05, 0) is 30.5 Å². The van der Waals surface area contributed by atoms with E-state index in [0.717, 1.165) is 24.6 Å². The van der Waals surface area contributed by atoms with E-state index in [-0.39, 0.29) is 0 Å². The van der Waals surface area contributed by atoms with Gasteiger partial charge in [-0.25, -0.2) is 4.99 Å². The maximum atomic E-state index is 5.47. The highest BCUT2D eigenvalue weighted by molar-refractivity contribution is 5.94. The molecule has 0 radical (unpaired) electrons. The molecule has 0 fully saturated rings. The zero-order chi connectivity index (χ0) is 14.0. The van der Waals surface area contributed by atoms with Gasteiger partial charge in [-0.15, -0.1) is 0 Å². The van der Waals surface area contributed by atoms with Crippen LogP contribution in [0.25, 0.3) is 0 Å². The third-order valence-corrected chi connectivity index (χ3v) is 3.86. The number of unbranched alkanes of at least 4 members (excludes halogenated alkanes) is 6. The quantitative estimate of drug-likeness (QED) is 0.595. The summed E-state index contributed by atoms with van der Waals surface area (Å²) in [7, 11) is 0. The van der Waals surface area contributed by atoms with E-state index in [0.29, 0.717) is 0 Å². The van der Waals surface area contributed by atoms with Crippen LogP contribution in [-0.4, -0.2) is 19.0 Å². The van der Waals surface area contributed by atoms with Crippen molar-refractivity contribution in [1.82, 2.24) is 0 Å². The molecule has 1 aliphatic heterocycles. The second-order valence-electron chi connectivity index (χ2n) is 5.60. The lowest BCUT2D eigenvalue weighted by atomic mass is 10.0. The summed E-state index contributed by atoms with van der Waals surface area (Å²) in [5, 5.41) is 0. The standard InChI is InChI=1S/C18H27NO/c1-2-3-4-5-6-7-8-9-16-10-12-17(13-11-16)18-19-14-15-20-18/h10-13H,2-9,14-15H2,1H3. The molecule has 0 aliphatic carbocycles. The Morgan fingerprint density at radius 2 is 1.65 bits per heavy atom. The zero-order valence-electron chi connectivity index (χ0n) is 12.7. The Morgan fingerprint density at radius 3 is 2.30 bits per heavy atom. The fourth-order valence-corrected chi connectivity index (χ4v) is 2.61. The summed E-state index contributed by atoms with van der Waals surface area (Å²) in [5.74, 6) is 0.812. The molecule has 20 heavy (non-hydrogen) atoms. The van der Waals surface area contributed by atoms with Crippen LogP contribution in [0.3, 0.4) is 0 Å². The average Bonchev–Trinajstić information content (AvgIpc) is 3.01. The highest BCUT2D eigenvalue weighted by Crippen LogP contribution is 2.13. The highest BCUT2D eigenvalue weighted by Gasteiger charge is 2.09. The smallest absolute Gasteiger partial charge is 0.216 e. The summed E-state index contributed by atoms with van der Waals surface area (Å²) in [6.07, 6.45) is 10.8. The summed E-state index contributed by atoms with van der Waals surface area (Å²) in [5.41, 5.74) is 2.55. The van der Waals surface area contributed by atoms with Crippen LogP contribution in [0.15, 0.2) is 29.3 Å². The van der Waals surface area contributed by atoms with Crippen molar-refractivity contribution in [2.24, 2.45) is 4.99 Å². The van der Waals surface area contributed by atoms with Gasteiger partial charge in [0.15, 0.2) is 0 Å². The maximum Gasteiger partial charge on any atom is 0.216 e. The number of ether oxygens (including phenoxy) is 1. The lowest BCUT2D eigenvalue weighted by Gasteiger charge is -2.05. The predicted octanol–water partition coefficient (Wildman–Crippen LogP) is 4.76. The van der Waals surface area contributed by atoms with Gasteiger partial charge >= 0.3 is 0 Å². The Kier molecular flexibility index (Phi) is 6.62. The molecule has 0 atom stereocenters. The topological polar surface area (TPSA) is 21.6 Å². The van der Waals surface area contributed by atoms with Gasteiger partial charge in [0, 0.05) is 5.56 Å². The van der Waals surface area contributed by atoms with Gasteiger partial charge in [-0.2, -0.15) is 0 Å². The van der Waals surface area contributed by atoms with Crippen molar-refractivity contribution >= 4 is 5.90 Å². The SMILES string of the molecule is CCCCCCCCCc1ccc(C2=NCCO2)cc1. The number of hydrogen-bond acceptors (Lipinski definition) is 2. The van der Waals surface area contributed by atoms with Crippen molar-refractivity contribution in [3.05, 3.63) is 35.4 Å². The fourth-order valence-electron chi connectivity index (χ4n) is 2.61. The van der Waals surface area contributed by atoms with Gasteiger partial charge in [0.25, 0.3) is 0 Å². The number of hydrogen-bond donors (Lipinski definition) is 0. The summed E-state index contributed by atoms with van der Waals surface area (Å²) in [6.45, 7) is 3.80. The van der Waals surface area contributed by atoms with Crippen LogP contribution in [0.2, 0.25) is 0 Å². The van der Waals surface area contributed by atoms with Gasteiger partial charge in [0.05, 0.1) is 6.54 Å². The molecule has 2 heteroatoms. The van der Waals surface area contributed by atoms with Crippen molar-refractivity contribution in [3.63, 3.8) is 0 Å². The molecule has 0 N–H and O–H groups in total. The van der Waals surface area contributed by atoms with Crippen LogP contribution in [0.5, 0.6) is 0 Å². The van der Waals surface area contributed by atoms with E-state index < -0.39 is 0 Å². The van der Waals surface area contributed by atoms with Gasteiger partial charge in [-0.1, -0.05) is 57.6 Å². The fraction of sp³-hybridized carbons (Fsp3) is 0.611. The van der Waals surface area contributed by atoms with Crippen molar-refractivity contribution in [2.75, 3.05) is 13.2 Å². The van der Waals surface area contributed by atoms with E-state index in [1.807, 2.05) is 0 Å². The molecule has 0 saturated carbocycles. The number of aryl methyl sites for hydroxylation is 1. The molecule has 1 aliphatic rings. The first-order chi connectivity index (χ1) is 9.90. The van der Waals surface area contributed by atoms with Crippen LogP contribution in [0.1, 0.15) is 63.0 Å². The molecule has 1 heterocycles. The lowest BCUT2D eigenvalue weighted by Crippen LogP contribution is -2.00. The van der Waals surface area contributed by atoms with Crippen LogP contribution in [0.4, 0.5) is 0 Å². The van der Waals surface area contributed by atoms with Crippen LogP contribution < -0.4 is 0 Å². The van der Waals surface area contributed by atoms with E-state index in [9.17, 15) is 0 Å². The molecule has 2 nitrogen and oxygen atoms in total. The van der Waals surface area contributed by atoms with Gasteiger partial charge < -0.3 is 4.74 Å². The number of nitrogens with zero attached hydrogens (tertiary/aromatic N) is 1. The molecule has 0 unspecified atom stereocenters. The minimum Gasteiger partial charge on any atom is -0.476 e. The molecule has 0 bridgehead atoms. The molecule has 1 aromatic rings. The summed E-state index contributed by atoms with van der Waals surface area (Å²) in [6, 6.07) is 8.72.